The lowest BCUT2D eigenvalue weighted by Gasteiger charge is -2.15. The van der Waals surface area contributed by atoms with Crippen LogP contribution in [0.4, 0.5) is 0 Å². The quantitative estimate of drug-likeness (QED) is 0.638. The van der Waals surface area contributed by atoms with E-state index >= 15 is 0 Å². The molecule has 0 unspecified atom stereocenters. The van der Waals surface area contributed by atoms with Crippen LogP contribution >= 0.6 is 34.5 Å². The van der Waals surface area contributed by atoms with Crippen molar-refractivity contribution < 1.29 is 9.59 Å². The fourth-order valence-corrected chi connectivity index (χ4v) is 4.18. The summed E-state index contributed by atoms with van der Waals surface area (Å²) < 4.78 is 0.932. The Hall–Kier alpha value is -2.08. The second kappa shape index (κ2) is 8.08. The minimum atomic E-state index is -0.359. The van der Waals surface area contributed by atoms with Gasteiger partial charge in [-0.25, -0.2) is 0 Å². The van der Waals surface area contributed by atoms with Gasteiger partial charge in [-0.2, -0.15) is 0 Å². The topological polar surface area (TPSA) is 58.2 Å². The van der Waals surface area contributed by atoms with E-state index in [1.807, 2.05) is 43.3 Å². The number of fused-ring (bicyclic) bond motifs is 1. The lowest BCUT2D eigenvalue weighted by Crippen LogP contribution is -2.37. The molecule has 7 heteroatoms. The highest BCUT2D eigenvalue weighted by Crippen LogP contribution is 2.34. The van der Waals surface area contributed by atoms with Crippen LogP contribution in [0.1, 0.15) is 28.2 Å². The Morgan fingerprint density at radius 1 is 1.12 bits per heavy atom. The number of nitrogens with one attached hydrogen (secondary N) is 2. The minimum Gasteiger partial charge on any atom is -0.348 e. The fraction of sp³-hybridized carbons (Fsp3) is 0.158. The maximum atomic E-state index is 12.4. The molecule has 0 saturated heterocycles. The zero-order valence-electron chi connectivity index (χ0n) is 13.9. The standard InChI is InChI=1S/C19H16Cl2N2O2S/c1-11(12-5-4-6-13(20)9-12)23-16(24)10-22-19(25)18-17(21)14-7-2-3-8-15(14)26-18/h2-9,11H,10H2,1H3,(H,22,25)(H,23,24)/t11-/m0/s1. The Balaban J connectivity index is 1.60. The number of hydrogen-bond donors (Lipinski definition) is 2. The van der Waals surface area contributed by atoms with Gasteiger partial charge >= 0.3 is 0 Å². The van der Waals surface area contributed by atoms with Gasteiger partial charge < -0.3 is 10.6 Å². The maximum absolute atomic E-state index is 12.4. The molecule has 1 atom stereocenters. The van der Waals surface area contributed by atoms with Crippen LogP contribution in [0.3, 0.4) is 0 Å². The molecule has 4 nitrogen and oxygen atoms in total. The van der Waals surface area contributed by atoms with E-state index in [1.54, 1.807) is 12.1 Å². The zero-order valence-corrected chi connectivity index (χ0v) is 16.2. The van der Waals surface area contributed by atoms with Crippen molar-refractivity contribution in [3.8, 4) is 0 Å². The summed E-state index contributed by atoms with van der Waals surface area (Å²) in [5, 5.41) is 7.30. The molecule has 0 radical (unpaired) electrons. The fourth-order valence-electron chi connectivity index (χ4n) is 2.55. The average molecular weight is 407 g/mol. The molecule has 3 aromatic rings. The molecule has 134 valence electrons. The lowest BCUT2D eigenvalue weighted by molar-refractivity contribution is -0.120. The van der Waals surface area contributed by atoms with Gasteiger partial charge in [-0.3, -0.25) is 9.59 Å². The number of benzene rings is 2. The maximum Gasteiger partial charge on any atom is 0.263 e. The molecule has 1 aromatic heterocycles. The third kappa shape index (κ3) is 4.18. The second-order valence-corrected chi connectivity index (χ2v) is 7.63. The third-order valence-corrected chi connectivity index (χ3v) is 5.79. The molecule has 0 fully saturated rings. The summed E-state index contributed by atoms with van der Waals surface area (Å²) in [7, 11) is 0. The summed E-state index contributed by atoms with van der Waals surface area (Å²) in [6.07, 6.45) is 0. The first kappa shape index (κ1) is 18.7. The monoisotopic (exact) mass is 406 g/mol. The largest absolute Gasteiger partial charge is 0.348 e. The molecule has 26 heavy (non-hydrogen) atoms. The summed E-state index contributed by atoms with van der Waals surface area (Å²) in [4.78, 5) is 24.9. The van der Waals surface area contributed by atoms with Crippen molar-refractivity contribution in [3.63, 3.8) is 0 Å². The second-order valence-electron chi connectivity index (χ2n) is 5.77. The molecule has 1 heterocycles. The highest BCUT2D eigenvalue weighted by atomic mass is 35.5. The summed E-state index contributed by atoms with van der Waals surface area (Å²) >= 11 is 13.6. The number of rotatable bonds is 5. The van der Waals surface area contributed by atoms with E-state index in [0.717, 1.165) is 15.6 Å². The van der Waals surface area contributed by atoms with E-state index in [9.17, 15) is 9.59 Å². The van der Waals surface area contributed by atoms with Crippen molar-refractivity contribution in [3.05, 3.63) is 69.0 Å². The van der Waals surface area contributed by atoms with Gasteiger partial charge in [0.25, 0.3) is 5.91 Å². The number of hydrogen-bond acceptors (Lipinski definition) is 3. The molecule has 0 spiro atoms. The van der Waals surface area contributed by atoms with Gasteiger partial charge in [0, 0.05) is 15.1 Å². The van der Waals surface area contributed by atoms with Crippen molar-refractivity contribution in [1.82, 2.24) is 10.6 Å². The van der Waals surface area contributed by atoms with Crippen LogP contribution in [0.25, 0.3) is 10.1 Å². The van der Waals surface area contributed by atoms with Crippen LogP contribution in [-0.2, 0) is 4.79 Å². The smallest absolute Gasteiger partial charge is 0.263 e. The molecule has 0 aliphatic rings. The van der Waals surface area contributed by atoms with E-state index in [4.69, 9.17) is 23.2 Å². The Morgan fingerprint density at radius 2 is 1.88 bits per heavy atom. The van der Waals surface area contributed by atoms with E-state index in [-0.39, 0.29) is 24.4 Å². The van der Waals surface area contributed by atoms with E-state index in [2.05, 4.69) is 10.6 Å². The number of carbonyl (C=O) groups is 2. The van der Waals surface area contributed by atoms with E-state index in [0.29, 0.717) is 14.9 Å². The van der Waals surface area contributed by atoms with Crippen LogP contribution < -0.4 is 10.6 Å². The first-order chi connectivity index (χ1) is 12.5. The van der Waals surface area contributed by atoms with Gasteiger partial charge in [-0.1, -0.05) is 53.5 Å². The third-order valence-electron chi connectivity index (χ3n) is 3.88. The Morgan fingerprint density at radius 3 is 2.62 bits per heavy atom. The molecule has 2 N–H and O–H groups in total. The minimum absolute atomic E-state index is 0.131. The predicted molar refractivity (Wildman–Crippen MR) is 107 cm³/mol. The van der Waals surface area contributed by atoms with Crippen LogP contribution in [0.2, 0.25) is 10.0 Å². The van der Waals surface area contributed by atoms with Crippen molar-refractivity contribution in [1.29, 1.82) is 0 Å². The molecule has 3 rings (SSSR count). The van der Waals surface area contributed by atoms with Gasteiger partial charge in [0.1, 0.15) is 4.88 Å². The highest BCUT2D eigenvalue weighted by Gasteiger charge is 2.18. The summed E-state index contributed by atoms with van der Waals surface area (Å²) in [5.41, 5.74) is 0.893. The number of halogens is 2. The Labute approximate surface area is 165 Å². The number of carbonyl (C=O) groups excluding carboxylic acids is 2. The van der Waals surface area contributed by atoms with Gasteiger partial charge in [-0.15, -0.1) is 11.3 Å². The molecule has 0 bridgehead atoms. The summed E-state index contributed by atoms with van der Waals surface area (Å²) in [6.45, 7) is 1.72. The lowest BCUT2D eigenvalue weighted by atomic mass is 10.1. The van der Waals surface area contributed by atoms with Crippen molar-refractivity contribution >= 4 is 56.4 Å². The molecule has 0 aliphatic carbocycles. The van der Waals surface area contributed by atoms with Crippen LogP contribution in [0, 0.1) is 0 Å². The molecular weight excluding hydrogens is 391 g/mol. The highest BCUT2D eigenvalue weighted by molar-refractivity contribution is 7.21. The van der Waals surface area contributed by atoms with Gasteiger partial charge in [0.05, 0.1) is 17.6 Å². The molecule has 2 aromatic carbocycles. The van der Waals surface area contributed by atoms with E-state index < -0.39 is 0 Å². The Kier molecular flexibility index (Phi) is 5.81. The summed E-state index contributed by atoms with van der Waals surface area (Å²) in [6, 6.07) is 14.6. The SMILES string of the molecule is C[C@H](NC(=O)CNC(=O)c1sc2ccccc2c1Cl)c1cccc(Cl)c1. The van der Waals surface area contributed by atoms with Crippen LogP contribution in [-0.4, -0.2) is 18.4 Å². The van der Waals surface area contributed by atoms with Crippen molar-refractivity contribution in [2.45, 2.75) is 13.0 Å². The summed E-state index contributed by atoms with van der Waals surface area (Å²) in [5.74, 6) is -0.648. The first-order valence-electron chi connectivity index (χ1n) is 7.95. The van der Waals surface area contributed by atoms with E-state index in [1.165, 1.54) is 11.3 Å². The van der Waals surface area contributed by atoms with Crippen molar-refractivity contribution in [2.75, 3.05) is 6.54 Å². The van der Waals surface area contributed by atoms with Crippen LogP contribution in [0.5, 0.6) is 0 Å². The van der Waals surface area contributed by atoms with Crippen molar-refractivity contribution in [2.24, 2.45) is 0 Å². The zero-order chi connectivity index (χ0) is 18.7. The molecule has 2 amide bonds. The normalized spacial score (nSPS) is 12.0. The Bertz CT molecular complexity index is 971. The molecule has 0 aliphatic heterocycles. The average Bonchev–Trinajstić information content (AvgIpc) is 2.97. The number of thiophene rings is 1. The van der Waals surface area contributed by atoms with Gasteiger partial charge in [0.15, 0.2) is 0 Å². The number of amides is 2. The molecular formula is C19H16Cl2N2O2S. The first-order valence-corrected chi connectivity index (χ1v) is 9.53. The van der Waals surface area contributed by atoms with Gasteiger partial charge in [-0.05, 0) is 30.7 Å². The molecule has 0 saturated carbocycles. The van der Waals surface area contributed by atoms with Crippen LogP contribution in [0.15, 0.2) is 48.5 Å². The van der Waals surface area contributed by atoms with Gasteiger partial charge in [0.2, 0.25) is 5.91 Å². The predicted octanol–water partition coefficient (Wildman–Crippen LogP) is 4.82.